The molecule has 0 saturated heterocycles. The number of halogens is 3. The lowest BCUT2D eigenvalue weighted by atomic mass is 9.99. The van der Waals surface area contributed by atoms with Crippen molar-refractivity contribution in [3.8, 4) is 22.3 Å². The third-order valence-corrected chi connectivity index (χ3v) is 4.88. The molecule has 0 aliphatic rings. The van der Waals surface area contributed by atoms with Crippen molar-refractivity contribution in [2.24, 2.45) is 0 Å². The fraction of sp³-hybridized carbons (Fsp3) is 0.100. The van der Waals surface area contributed by atoms with Crippen molar-refractivity contribution >= 4 is 10.8 Å². The maximum Gasteiger partial charge on any atom is 0.416 e. The van der Waals surface area contributed by atoms with Crippen molar-refractivity contribution in [2.75, 3.05) is 6.26 Å². The summed E-state index contributed by atoms with van der Waals surface area (Å²) >= 11 is 0. The summed E-state index contributed by atoms with van der Waals surface area (Å²) in [6.45, 7) is 0. The first kappa shape index (κ1) is 17.4. The van der Waals surface area contributed by atoms with Gasteiger partial charge in [-0.15, -0.1) is 0 Å². The third kappa shape index (κ3) is 3.82. The summed E-state index contributed by atoms with van der Waals surface area (Å²) in [6, 6.07) is 20.1. The van der Waals surface area contributed by atoms with Gasteiger partial charge in [0.1, 0.15) is 0 Å². The Morgan fingerprint density at radius 3 is 1.92 bits per heavy atom. The van der Waals surface area contributed by atoms with Gasteiger partial charge in [-0.2, -0.15) is 13.2 Å². The van der Waals surface area contributed by atoms with Crippen LogP contribution < -0.4 is 0 Å². The molecule has 0 aliphatic carbocycles. The van der Waals surface area contributed by atoms with Crippen LogP contribution in [0.1, 0.15) is 5.56 Å². The first-order chi connectivity index (χ1) is 11.9. The summed E-state index contributed by atoms with van der Waals surface area (Å²) in [7, 11) is -1.27. The van der Waals surface area contributed by atoms with Crippen LogP contribution in [-0.2, 0) is 17.0 Å². The molecule has 0 bridgehead atoms. The Morgan fingerprint density at radius 1 is 0.760 bits per heavy atom. The van der Waals surface area contributed by atoms with Crippen molar-refractivity contribution in [3.63, 3.8) is 0 Å². The van der Waals surface area contributed by atoms with Crippen LogP contribution in [-0.4, -0.2) is 10.5 Å². The van der Waals surface area contributed by atoms with E-state index in [0.29, 0.717) is 16.0 Å². The van der Waals surface area contributed by atoms with Gasteiger partial charge in [0.2, 0.25) is 0 Å². The van der Waals surface area contributed by atoms with Crippen LogP contribution in [0.15, 0.2) is 77.7 Å². The van der Waals surface area contributed by atoms with Gasteiger partial charge in [0.25, 0.3) is 0 Å². The van der Waals surface area contributed by atoms with Crippen molar-refractivity contribution in [1.29, 1.82) is 0 Å². The van der Waals surface area contributed by atoms with Gasteiger partial charge in [0.15, 0.2) is 0 Å². The lowest BCUT2D eigenvalue weighted by Gasteiger charge is -2.12. The van der Waals surface area contributed by atoms with E-state index in [-0.39, 0.29) is 0 Å². The fourth-order valence-corrected chi connectivity index (χ4v) is 3.44. The van der Waals surface area contributed by atoms with Crippen LogP contribution in [0.4, 0.5) is 13.2 Å². The average Bonchev–Trinajstić information content (AvgIpc) is 2.61. The maximum atomic E-state index is 12.7. The Morgan fingerprint density at radius 2 is 1.36 bits per heavy atom. The van der Waals surface area contributed by atoms with Crippen LogP contribution in [0.2, 0.25) is 0 Å². The second kappa shape index (κ2) is 6.84. The molecule has 0 spiro atoms. The summed E-state index contributed by atoms with van der Waals surface area (Å²) in [6.07, 6.45) is -2.80. The molecule has 128 valence electrons. The van der Waals surface area contributed by atoms with E-state index in [1.807, 2.05) is 48.5 Å². The summed E-state index contributed by atoms with van der Waals surface area (Å²) in [5, 5.41) is 0. The molecule has 0 N–H and O–H groups in total. The van der Waals surface area contributed by atoms with E-state index in [4.69, 9.17) is 0 Å². The standard InChI is InChI=1S/C20H15F3OS/c1-25(24)19-13-16(14-5-3-2-4-6-14)9-12-18(19)15-7-10-17(11-8-15)20(21,22)23/h2-13H,1H3. The monoisotopic (exact) mass is 360 g/mol. The number of rotatable bonds is 3. The largest absolute Gasteiger partial charge is 0.416 e. The molecule has 0 amide bonds. The minimum absolute atomic E-state index is 0.598. The number of alkyl halides is 3. The predicted molar refractivity (Wildman–Crippen MR) is 94.6 cm³/mol. The molecule has 3 aromatic carbocycles. The van der Waals surface area contributed by atoms with Crippen LogP contribution in [0.3, 0.4) is 0 Å². The summed E-state index contributed by atoms with van der Waals surface area (Å²) in [5.74, 6) is 0. The second-order valence-corrected chi connectivity index (χ2v) is 6.95. The molecule has 3 aromatic rings. The van der Waals surface area contributed by atoms with E-state index in [0.717, 1.165) is 23.3 Å². The van der Waals surface area contributed by atoms with Crippen molar-refractivity contribution in [3.05, 3.63) is 78.4 Å². The minimum Gasteiger partial charge on any atom is -0.255 e. The Balaban J connectivity index is 2.06. The van der Waals surface area contributed by atoms with E-state index in [2.05, 4.69) is 0 Å². The smallest absolute Gasteiger partial charge is 0.255 e. The van der Waals surface area contributed by atoms with Crippen LogP contribution in [0.5, 0.6) is 0 Å². The molecule has 3 rings (SSSR count). The molecule has 0 radical (unpaired) electrons. The van der Waals surface area contributed by atoms with E-state index in [1.165, 1.54) is 12.1 Å². The van der Waals surface area contributed by atoms with Crippen LogP contribution >= 0.6 is 0 Å². The Hall–Kier alpha value is -2.40. The second-order valence-electron chi connectivity index (χ2n) is 5.61. The molecule has 0 saturated carbocycles. The molecule has 0 aromatic heterocycles. The number of benzene rings is 3. The van der Waals surface area contributed by atoms with Gasteiger partial charge in [-0.05, 0) is 40.5 Å². The fourth-order valence-electron chi connectivity index (χ4n) is 2.65. The van der Waals surface area contributed by atoms with Gasteiger partial charge in [-0.25, -0.2) is 0 Å². The molecule has 0 fully saturated rings. The molecule has 25 heavy (non-hydrogen) atoms. The normalized spacial score (nSPS) is 12.8. The van der Waals surface area contributed by atoms with Gasteiger partial charge in [-0.3, -0.25) is 4.21 Å². The average molecular weight is 360 g/mol. The summed E-state index contributed by atoms with van der Waals surface area (Å²) in [4.78, 5) is 0.598. The van der Waals surface area contributed by atoms with Crippen LogP contribution in [0.25, 0.3) is 22.3 Å². The molecule has 1 unspecified atom stereocenters. The maximum absolute atomic E-state index is 12.7. The first-order valence-corrected chi connectivity index (χ1v) is 9.12. The van der Waals surface area contributed by atoms with E-state index < -0.39 is 22.5 Å². The zero-order valence-corrected chi connectivity index (χ0v) is 14.2. The number of hydrogen-bond donors (Lipinski definition) is 0. The lowest BCUT2D eigenvalue weighted by molar-refractivity contribution is -0.137. The zero-order valence-electron chi connectivity index (χ0n) is 13.4. The van der Waals surface area contributed by atoms with Gasteiger partial charge < -0.3 is 0 Å². The molecule has 1 nitrogen and oxygen atoms in total. The molecular formula is C20H15F3OS. The number of hydrogen-bond acceptors (Lipinski definition) is 1. The molecular weight excluding hydrogens is 345 g/mol. The highest BCUT2D eigenvalue weighted by Crippen LogP contribution is 2.34. The highest BCUT2D eigenvalue weighted by Gasteiger charge is 2.30. The van der Waals surface area contributed by atoms with E-state index in [1.54, 1.807) is 6.26 Å². The van der Waals surface area contributed by atoms with Crippen LogP contribution in [0, 0.1) is 0 Å². The summed E-state index contributed by atoms with van der Waals surface area (Å²) < 4.78 is 50.3. The Bertz CT molecular complexity index is 900. The third-order valence-electron chi connectivity index (χ3n) is 3.92. The molecule has 1 atom stereocenters. The Labute approximate surface area is 146 Å². The van der Waals surface area contributed by atoms with E-state index >= 15 is 0 Å². The van der Waals surface area contributed by atoms with Gasteiger partial charge >= 0.3 is 6.18 Å². The van der Waals surface area contributed by atoms with Gasteiger partial charge in [0, 0.05) is 11.2 Å². The van der Waals surface area contributed by atoms with Gasteiger partial charge in [-0.1, -0.05) is 54.6 Å². The Kier molecular flexibility index (Phi) is 4.77. The van der Waals surface area contributed by atoms with Crippen molar-refractivity contribution in [1.82, 2.24) is 0 Å². The summed E-state index contributed by atoms with van der Waals surface area (Å²) in [5.41, 5.74) is 2.50. The van der Waals surface area contributed by atoms with Gasteiger partial charge in [0.05, 0.1) is 16.4 Å². The molecule has 5 heteroatoms. The highest BCUT2D eigenvalue weighted by molar-refractivity contribution is 7.84. The topological polar surface area (TPSA) is 17.1 Å². The highest BCUT2D eigenvalue weighted by atomic mass is 32.2. The minimum atomic E-state index is -4.37. The predicted octanol–water partition coefficient (Wildman–Crippen LogP) is 5.78. The van der Waals surface area contributed by atoms with Crippen molar-refractivity contribution in [2.45, 2.75) is 11.1 Å². The molecule has 0 heterocycles. The van der Waals surface area contributed by atoms with Crippen molar-refractivity contribution < 1.29 is 17.4 Å². The molecule has 0 aliphatic heterocycles. The first-order valence-electron chi connectivity index (χ1n) is 7.57. The zero-order chi connectivity index (χ0) is 18.0. The quantitative estimate of drug-likeness (QED) is 0.579. The van der Waals surface area contributed by atoms with E-state index in [9.17, 15) is 17.4 Å². The lowest BCUT2D eigenvalue weighted by Crippen LogP contribution is -2.04. The SMILES string of the molecule is CS(=O)c1cc(-c2ccccc2)ccc1-c1ccc(C(F)(F)F)cc1.